The van der Waals surface area contributed by atoms with Gasteiger partial charge in [-0.1, -0.05) is 41.9 Å². The minimum atomic E-state index is -1.02. The van der Waals surface area contributed by atoms with Crippen LogP contribution in [0.3, 0.4) is 0 Å². The Balaban J connectivity index is 1.48. The van der Waals surface area contributed by atoms with Gasteiger partial charge in [-0.25, -0.2) is 4.79 Å². The largest absolute Gasteiger partial charge is 0.495 e. The highest BCUT2D eigenvalue weighted by atomic mass is 35.5. The van der Waals surface area contributed by atoms with Crippen molar-refractivity contribution in [3.63, 3.8) is 0 Å². The Morgan fingerprint density at radius 1 is 1.18 bits per heavy atom. The summed E-state index contributed by atoms with van der Waals surface area (Å²) < 4.78 is 12.5. The summed E-state index contributed by atoms with van der Waals surface area (Å²) in [6.45, 7) is 4.01. The van der Waals surface area contributed by atoms with Crippen molar-refractivity contribution >= 4 is 50.7 Å². The molecular formula is C24H22ClN3O4S. The molecular weight excluding hydrogens is 462 g/mol. The SMILES string of the molecule is COc1ccc(Cl)cc1NC(=O)C(C)OC(=O)c1cc2c(C)nn(Cc3ccccc3)c2s1. The first-order valence-electron chi connectivity index (χ1n) is 10.2. The molecule has 2 heterocycles. The molecule has 4 aromatic rings. The molecule has 2 aromatic heterocycles. The molecule has 2 aromatic carbocycles. The van der Waals surface area contributed by atoms with Crippen LogP contribution in [-0.2, 0) is 16.1 Å². The van der Waals surface area contributed by atoms with Crippen LogP contribution >= 0.6 is 22.9 Å². The number of fused-ring (bicyclic) bond motifs is 1. The van der Waals surface area contributed by atoms with Crippen molar-refractivity contribution in [2.45, 2.75) is 26.5 Å². The molecule has 0 saturated heterocycles. The number of hydrogen-bond acceptors (Lipinski definition) is 6. The Bertz CT molecular complexity index is 1320. The molecule has 1 N–H and O–H groups in total. The highest BCUT2D eigenvalue weighted by Gasteiger charge is 2.23. The van der Waals surface area contributed by atoms with E-state index in [0.717, 1.165) is 21.5 Å². The molecule has 170 valence electrons. The first kappa shape index (κ1) is 22.8. The maximum absolute atomic E-state index is 12.8. The monoisotopic (exact) mass is 483 g/mol. The van der Waals surface area contributed by atoms with E-state index in [1.807, 2.05) is 41.9 Å². The molecule has 0 aliphatic heterocycles. The van der Waals surface area contributed by atoms with Gasteiger partial charge in [-0.3, -0.25) is 9.48 Å². The number of methoxy groups -OCH3 is 1. The summed E-state index contributed by atoms with van der Waals surface area (Å²) in [6.07, 6.45) is -1.02. The lowest BCUT2D eigenvalue weighted by Crippen LogP contribution is -2.30. The zero-order chi connectivity index (χ0) is 23.5. The molecule has 0 radical (unpaired) electrons. The summed E-state index contributed by atoms with van der Waals surface area (Å²) >= 11 is 7.30. The number of nitrogens with one attached hydrogen (secondary N) is 1. The molecule has 0 fully saturated rings. The summed E-state index contributed by atoms with van der Waals surface area (Å²) in [5, 5.41) is 8.62. The topological polar surface area (TPSA) is 82.4 Å². The maximum Gasteiger partial charge on any atom is 0.349 e. The lowest BCUT2D eigenvalue weighted by molar-refractivity contribution is -0.123. The molecule has 4 rings (SSSR count). The molecule has 0 saturated carbocycles. The first-order chi connectivity index (χ1) is 15.9. The number of rotatable bonds is 7. The number of esters is 1. The molecule has 7 nitrogen and oxygen atoms in total. The van der Waals surface area contributed by atoms with E-state index in [9.17, 15) is 9.59 Å². The number of ether oxygens (including phenoxy) is 2. The van der Waals surface area contributed by atoms with Gasteiger partial charge in [0.25, 0.3) is 5.91 Å². The van der Waals surface area contributed by atoms with Gasteiger partial charge in [0.15, 0.2) is 6.10 Å². The molecule has 0 aliphatic carbocycles. The predicted molar refractivity (Wildman–Crippen MR) is 129 cm³/mol. The summed E-state index contributed by atoms with van der Waals surface area (Å²) in [4.78, 5) is 26.7. The number of carbonyl (C=O) groups excluding carboxylic acids is 2. The van der Waals surface area contributed by atoms with E-state index in [-0.39, 0.29) is 0 Å². The summed E-state index contributed by atoms with van der Waals surface area (Å²) in [6, 6.07) is 16.6. The van der Waals surface area contributed by atoms with Gasteiger partial charge in [0, 0.05) is 10.4 Å². The van der Waals surface area contributed by atoms with Gasteiger partial charge in [0.2, 0.25) is 0 Å². The van der Waals surface area contributed by atoms with Crippen LogP contribution < -0.4 is 10.1 Å². The zero-order valence-corrected chi connectivity index (χ0v) is 19.9. The van der Waals surface area contributed by atoms with Crippen molar-refractivity contribution < 1.29 is 19.1 Å². The van der Waals surface area contributed by atoms with E-state index in [4.69, 9.17) is 21.1 Å². The minimum absolute atomic E-state index is 0.399. The quantitative estimate of drug-likeness (QED) is 0.361. The van der Waals surface area contributed by atoms with Crippen molar-refractivity contribution in [3.05, 3.63) is 75.8 Å². The summed E-state index contributed by atoms with van der Waals surface area (Å²) in [5.74, 6) is -0.603. The fourth-order valence-corrected chi connectivity index (χ4v) is 4.58. The highest BCUT2D eigenvalue weighted by Crippen LogP contribution is 2.30. The van der Waals surface area contributed by atoms with Crippen LogP contribution in [-0.4, -0.2) is 34.9 Å². The average Bonchev–Trinajstić information content (AvgIpc) is 3.36. The Labute approximate surface area is 199 Å². The number of aromatic nitrogens is 2. The molecule has 1 amide bonds. The van der Waals surface area contributed by atoms with Crippen LogP contribution in [0.25, 0.3) is 10.2 Å². The van der Waals surface area contributed by atoms with Crippen molar-refractivity contribution in [3.8, 4) is 5.75 Å². The number of halogens is 1. The number of benzene rings is 2. The van der Waals surface area contributed by atoms with E-state index in [0.29, 0.717) is 27.9 Å². The molecule has 1 atom stereocenters. The molecule has 33 heavy (non-hydrogen) atoms. The molecule has 0 aliphatic rings. The second-order valence-corrected chi connectivity index (χ2v) is 8.91. The van der Waals surface area contributed by atoms with E-state index >= 15 is 0 Å². The standard InChI is InChI=1S/C24H22ClN3O4S/c1-14-18-12-21(33-23(18)28(27-14)13-16-7-5-4-6-8-16)24(30)32-15(2)22(29)26-19-11-17(25)9-10-20(19)31-3/h4-12,15H,13H2,1-3H3,(H,26,29). The summed E-state index contributed by atoms with van der Waals surface area (Å²) in [5.41, 5.74) is 2.34. The number of aryl methyl sites for hydroxylation is 1. The third-order valence-electron chi connectivity index (χ3n) is 5.06. The average molecular weight is 484 g/mol. The van der Waals surface area contributed by atoms with Gasteiger partial charge in [0.1, 0.15) is 15.5 Å². The molecule has 0 spiro atoms. The molecule has 9 heteroatoms. The third-order valence-corrected chi connectivity index (χ3v) is 6.42. The van der Waals surface area contributed by atoms with Crippen molar-refractivity contribution in [1.29, 1.82) is 0 Å². The van der Waals surface area contributed by atoms with E-state index in [1.165, 1.54) is 25.4 Å². The van der Waals surface area contributed by atoms with Crippen molar-refractivity contribution in [2.24, 2.45) is 0 Å². The van der Waals surface area contributed by atoms with E-state index in [1.54, 1.807) is 24.3 Å². The van der Waals surface area contributed by atoms with Crippen LogP contribution in [0.1, 0.15) is 27.9 Å². The Hall–Kier alpha value is -3.36. The number of amides is 1. The minimum Gasteiger partial charge on any atom is -0.495 e. The van der Waals surface area contributed by atoms with Gasteiger partial charge >= 0.3 is 5.97 Å². The van der Waals surface area contributed by atoms with Gasteiger partial charge in [-0.15, -0.1) is 11.3 Å². The Morgan fingerprint density at radius 3 is 2.67 bits per heavy atom. The summed E-state index contributed by atoms with van der Waals surface area (Å²) in [7, 11) is 1.49. The number of carbonyl (C=O) groups is 2. The van der Waals surface area contributed by atoms with Crippen LogP contribution in [0.15, 0.2) is 54.6 Å². The number of nitrogens with zero attached hydrogens (tertiary/aromatic N) is 2. The maximum atomic E-state index is 12.8. The lowest BCUT2D eigenvalue weighted by atomic mass is 10.2. The number of anilines is 1. The van der Waals surface area contributed by atoms with Gasteiger partial charge in [0.05, 0.1) is 25.0 Å². The lowest BCUT2D eigenvalue weighted by Gasteiger charge is -2.15. The smallest absolute Gasteiger partial charge is 0.349 e. The van der Waals surface area contributed by atoms with E-state index in [2.05, 4.69) is 10.4 Å². The molecule has 0 bridgehead atoms. The fraction of sp³-hybridized carbons (Fsp3) is 0.208. The Morgan fingerprint density at radius 2 is 1.94 bits per heavy atom. The van der Waals surface area contributed by atoms with Gasteiger partial charge in [-0.2, -0.15) is 5.10 Å². The highest BCUT2D eigenvalue weighted by molar-refractivity contribution is 7.20. The van der Waals surface area contributed by atoms with Crippen LogP contribution in [0.2, 0.25) is 5.02 Å². The number of thiophene rings is 1. The van der Waals surface area contributed by atoms with Crippen LogP contribution in [0.4, 0.5) is 5.69 Å². The van der Waals surface area contributed by atoms with Crippen LogP contribution in [0.5, 0.6) is 5.75 Å². The second kappa shape index (κ2) is 9.64. The number of hydrogen-bond donors (Lipinski definition) is 1. The predicted octanol–water partition coefficient (Wildman–Crippen LogP) is 5.30. The van der Waals surface area contributed by atoms with Crippen molar-refractivity contribution in [2.75, 3.05) is 12.4 Å². The van der Waals surface area contributed by atoms with E-state index < -0.39 is 18.0 Å². The molecule has 1 unspecified atom stereocenters. The van der Waals surface area contributed by atoms with Gasteiger partial charge < -0.3 is 14.8 Å². The zero-order valence-electron chi connectivity index (χ0n) is 18.3. The van der Waals surface area contributed by atoms with Gasteiger partial charge in [-0.05, 0) is 43.7 Å². The second-order valence-electron chi connectivity index (χ2n) is 7.44. The first-order valence-corrected chi connectivity index (χ1v) is 11.4. The normalized spacial score (nSPS) is 11.9. The van der Waals surface area contributed by atoms with Crippen LogP contribution in [0, 0.1) is 6.92 Å². The Kier molecular flexibility index (Phi) is 6.67. The third kappa shape index (κ3) is 5.02. The van der Waals surface area contributed by atoms with Crippen molar-refractivity contribution in [1.82, 2.24) is 9.78 Å². The fourth-order valence-electron chi connectivity index (χ4n) is 3.36.